The number of ether oxygens (including phenoxy) is 2. The van der Waals surface area contributed by atoms with Gasteiger partial charge in [0.1, 0.15) is 12.6 Å². The predicted octanol–water partition coefficient (Wildman–Crippen LogP) is 3.23. The lowest BCUT2D eigenvalue weighted by Crippen LogP contribution is -1.84. The molecule has 0 aromatic heterocycles. The third-order valence-corrected chi connectivity index (χ3v) is 3.14. The first-order valence-corrected chi connectivity index (χ1v) is 7.53. The summed E-state index contributed by atoms with van der Waals surface area (Å²) in [5.41, 5.74) is 1.61. The monoisotopic (exact) mass is 356 g/mol. The molecule has 0 fully saturated rings. The van der Waals surface area contributed by atoms with Crippen molar-refractivity contribution in [3.63, 3.8) is 0 Å². The van der Waals surface area contributed by atoms with E-state index in [1.807, 2.05) is 0 Å². The van der Waals surface area contributed by atoms with Crippen molar-refractivity contribution in [2.24, 2.45) is 0 Å². The Morgan fingerprint density at radius 1 is 0.731 bits per heavy atom. The Kier molecular flexibility index (Phi) is 8.75. The van der Waals surface area contributed by atoms with E-state index in [-0.39, 0.29) is 11.5 Å². The summed E-state index contributed by atoms with van der Waals surface area (Å²) in [6.45, 7) is 0. The molecular formula is C20H20O6. The van der Waals surface area contributed by atoms with E-state index in [0.29, 0.717) is 24.1 Å². The second-order valence-electron chi connectivity index (χ2n) is 4.85. The summed E-state index contributed by atoms with van der Waals surface area (Å²) in [7, 11) is 2.95. The van der Waals surface area contributed by atoms with Crippen LogP contribution in [0.4, 0.5) is 0 Å². The molecule has 0 unspecified atom stereocenters. The van der Waals surface area contributed by atoms with E-state index in [2.05, 4.69) is 0 Å². The van der Waals surface area contributed by atoms with Gasteiger partial charge in [0.25, 0.3) is 0 Å². The fourth-order valence-corrected chi connectivity index (χ4v) is 1.90. The highest BCUT2D eigenvalue weighted by molar-refractivity contribution is 5.75. The van der Waals surface area contributed by atoms with E-state index in [0.717, 1.165) is 11.1 Å². The van der Waals surface area contributed by atoms with Crippen molar-refractivity contribution in [3.8, 4) is 23.0 Å². The average molecular weight is 356 g/mol. The Morgan fingerprint density at radius 2 is 1.12 bits per heavy atom. The van der Waals surface area contributed by atoms with Crippen molar-refractivity contribution in [1.82, 2.24) is 0 Å². The third-order valence-electron chi connectivity index (χ3n) is 3.14. The van der Waals surface area contributed by atoms with Crippen LogP contribution in [0.15, 0.2) is 48.6 Å². The van der Waals surface area contributed by atoms with Crippen molar-refractivity contribution >= 4 is 24.7 Å². The van der Waals surface area contributed by atoms with E-state index >= 15 is 0 Å². The standard InChI is InChI=1S/2C10H10O3/c2*1-13-10-7-8(3-2-6-11)4-5-9(10)12/h2*2-7,12H,1H3/b3-2+;. The molecule has 0 saturated carbocycles. The molecule has 0 radical (unpaired) electrons. The molecule has 0 saturated heterocycles. The van der Waals surface area contributed by atoms with Crippen LogP contribution < -0.4 is 9.47 Å². The summed E-state index contributed by atoms with van der Waals surface area (Å²) in [6, 6.07) is 9.72. The van der Waals surface area contributed by atoms with Gasteiger partial charge < -0.3 is 19.7 Å². The van der Waals surface area contributed by atoms with Crippen molar-refractivity contribution < 1.29 is 29.3 Å². The number of hydrogen-bond donors (Lipinski definition) is 2. The number of hydrogen-bond acceptors (Lipinski definition) is 6. The number of phenolic OH excluding ortho intramolecular Hbond substituents is 2. The first-order valence-electron chi connectivity index (χ1n) is 7.53. The van der Waals surface area contributed by atoms with E-state index in [4.69, 9.17) is 9.47 Å². The van der Waals surface area contributed by atoms with Crippen LogP contribution in [0, 0.1) is 0 Å². The van der Waals surface area contributed by atoms with Crippen LogP contribution in [0.3, 0.4) is 0 Å². The zero-order valence-electron chi connectivity index (χ0n) is 14.5. The largest absolute Gasteiger partial charge is 0.504 e. The number of carbonyl (C=O) groups is 2. The van der Waals surface area contributed by atoms with E-state index in [1.54, 1.807) is 36.4 Å². The number of methoxy groups -OCH3 is 2. The molecule has 2 N–H and O–H groups in total. The van der Waals surface area contributed by atoms with Gasteiger partial charge in [-0.25, -0.2) is 0 Å². The highest BCUT2D eigenvalue weighted by Gasteiger charge is 2.00. The lowest BCUT2D eigenvalue weighted by Gasteiger charge is -2.02. The average Bonchev–Trinajstić information content (AvgIpc) is 2.67. The van der Waals surface area contributed by atoms with Crippen molar-refractivity contribution in [2.45, 2.75) is 0 Å². The quantitative estimate of drug-likeness (QED) is 0.610. The predicted molar refractivity (Wildman–Crippen MR) is 99.5 cm³/mol. The molecule has 6 heteroatoms. The third kappa shape index (κ3) is 6.52. The van der Waals surface area contributed by atoms with Crippen molar-refractivity contribution in [1.29, 1.82) is 0 Å². The summed E-state index contributed by atoms with van der Waals surface area (Å²) < 4.78 is 9.79. The smallest absolute Gasteiger partial charge is 0.161 e. The van der Waals surface area contributed by atoms with Crippen LogP contribution >= 0.6 is 0 Å². The first kappa shape index (κ1) is 20.5. The number of phenols is 2. The Bertz CT molecular complexity index is 725. The van der Waals surface area contributed by atoms with Crippen LogP contribution in [0.1, 0.15) is 11.1 Å². The van der Waals surface area contributed by atoms with Gasteiger partial charge in [-0.15, -0.1) is 0 Å². The molecule has 0 bridgehead atoms. The SMILES string of the molecule is COc1cc(/C=C/C=O)ccc1O.COc1cc(C=CC=O)ccc1O. The van der Waals surface area contributed by atoms with Gasteiger partial charge in [-0.05, 0) is 47.5 Å². The highest BCUT2D eigenvalue weighted by Crippen LogP contribution is 2.27. The van der Waals surface area contributed by atoms with Crippen LogP contribution in [0.2, 0.25) is 0 Å². The second-order valence-corrected chi connectivity index (χ2v) is 4.85. The zero-order valence-corrected chi connectivity index (χ0v) is 14.5. The number of benzene rings is 2. The molecule has 2 rings (SSSR count). The minimum Gasteiger partial charge on any atom is -0.504 e. The molecule has 6 nitrogen and oxygen atoms in total. The maximum atomic E-state index is 10.0. The van der Waals surface area contributed by atoms with Crippen molar-refractivity contribution in [3.05, 3.63) is 59.7 Å². The number of aromatic hydroxyl groups is 2. The Balaban J connectivity index is 0.000000260. The van der Waals surface area contributed by atoms with Crippen LogP contribution in [0.25, 0.3) is 12.2 Å². The van der Waals surface area contributed by atoms with E-state index < -0.39 is 0 Å². The first-order chi connectivity index (χ1) is 12.5. The van der Waals surface area contributed by atoms with Gasteiger partial charge >= 0.3 is 0 Å². The number of carbonyl (C=O) groups excluding carboxylic acids is 2. The number of allylic oxidation sites excluding steroid dienone is 2. The molecule has 0 atom stereocenters. The molecule has 0 amide bonds. The molecule has 136 valence electrons. The minimum atomic E-state index is 0.0887. The fraction of sp³-hybridized carbons (Fsp3) is 0.100. The molecule has 2 aromatic rings. The van der Waals surface area contributed by atoms with Gasteiger partial charge in [-0.3, -0.25) is 9.59 Å². The van der Waals surface area contributed by atoms with Crippen molar-refractivity contribution in [2.75, 3.05) is 14.2 Å². The molecule has 2 aromatic carbocycles. The summed E-state index contributed by atoms with van der Waals surface area (Å²) in [5, 5.41) is 18.5. The van der Waals surface area contributed by atoms with E-state index in [9.17, 15) is 19.8 Å². The van der Waals surface area contributed by atoms with Crippen LogP contribution in [-0.4, -0.2) is 37.0 Å². The van der Waals surface area contributed by atoms with Crippen LogP contribution in [-0.2, 0) is 9.59 Å². The topological polar surface area (TPSA) is 93.1 Å². The number of aldehydes is 2. The molecule has 0 aliphatic heterocycles. The summed E-state index contributed by atoms with van der Waals surface area (Å²) in [5.74, 6) is 0.970. The lowest BCUT2D eigenvalue weighted by atomic mass is 10.2. The molecule has 0 heterocycles. The molecule has 0 spiro atoms. The van der Waals surface area contributed by atoms with E-state index in [1.165, 1.54) is 38.5 Å². The second kappa shape index (κ2) is 11.1. The molecular weight excluding hydrogens is 336 g/mol. The van der Waals surface area contributed by atoms with Gasteiger partial charge in [-0.1, -0.05) is 24.3 Å². The van der Waals surface area contributed by atoms with Gasteiger partial charge in [0.05, 0.1) is 14.2 Å². The highest BCUT2D eigenvalue weighted by atomic mass is 16.5. The lowest BCUT2D eigenvalue weighted by molar-refractivity contribution is -0.104. The normalized spacial score (nSPS) is 10.2. The summed E-state index contributed by atoms with van der Waals surface area (Å²) >= 11 is 0. The van der Waals surface area contributed by atoms with Gasteiger partial charge in [0.15, 0.2) is 23.0 Å². The maximum absolute atomic E-state index is 10.0. The maximum Gasteiger partial charge on any atom is 0.161 e. The molecule has 0 aliphatic rings. The number of rotatable bonds is 6. The van der Waals surface area contributed by atoms with Gasteiger partial charge in [0, 0.05) is 0 Å². The Labute approximate surface area is 151 Å². The summed E-state index contributed by atoms with van der Waals surface area (Å²) in [4.78, 5) is 20.1. The Hall–Kier alpha value is -3.54. The minimum absolute atomic E-state index is 0.0887. The zero-order chi connectivity index (χ0) is 19.4. The van der Waals surface area contributed by atoms with Gasteiger partial charge in [-0.2, -0.15) is 0 Å². The van der Waals surface area contributed by atoms with Crippen LogP contribution in [0.5, 0.6) is 23.0 Å². The van der Waals surface area contributed by atoms with Gasteiger partial charge in [0.2, 0.25) is 0 Å². The summed E-state index contributed by atoms with van der Waals surface area (Å²) in [6.07, 6.45) is 7.42. The molecule has 26 heavy (non-hydrogen) atoms. The fourth-order valence-electron chi connectivity index (χ4n) is 1.90. The molecule has 0 aliphatic carbocycles. The Morgan fingerprint density at radius 3 is 1.42 bits per heavy atom.